The number of hydrogen-bond donors (Lipinski definition) is 2. The van der Waals surface area contributed by atoms with Crippen LogP contribution in [0.15, 0.2) is 18.2 Å². The van der Waals surface area contributed by atoms with E-state index in [4.69, 9.17) is 5.11 Å². The Labute approximate surface area is 112 Å². The molecule has 1 aromatic rings. The maximum absolute atomic E-state index is 12.0. The number of amides is 1. The molecule has 2 N–H and O–H groups in total. The van der Waals surface area contributed by atoms with Crippen molar-refractivity contribution in [1.29, 1.82) is 0 Å². The molecule has 0 spiro atoms. The van der Waals surface area contributed by atoms with Gasteiger partial charge in [0.05, 0.1) is 5.56 Å². The number of carbonyl (C=O) groups is 2. The Morgan fingerprint density at radius 3 is 2.74 bits per heavy atom. The zero-order valence-electron chi connectivity index (χ0n) is 11.0. The van der Waals surface area contributed by atoms with Crippen LogP contribution in [0.2, 0.25) is 0 Å². The van der Waals surface area contributed by atoms with Crippen molar-refractivity contribution in [2.45, 2.75) is 25.9 Å². The van der Waals surface area contributed by atoms with Gasteiger partial charge in [-0.3, -0.25) is 4.79 Å². The molecule has 1 heterocycles. The summed E-state index contributed by atoms with van der Waals surface area (Å²) < 4.78 is 0. The van der Waals surface area contributed by atoms with Gasteiger partial charge in [-0.1, -0.05) is 6.07 Å². The second kappa shape index (κ2) is 5.84. The molecule has 5 heteroatoms. The van der Waals surface area contributed by atoms with Crippen LogP contribution in [0.1, 0.15) is 34.3 Å². The minimum atomic E-state index is -0.929. The molecule has 0 atom stereocenters. The third kappa shape index (κ3) is 3.12. The van der Waals surface area contributed by atoms with Crippen LogP contribution in [-0.2, 0) is 17.9 Å². The summed E-state index contributed by atoms with van der Waals surface area (Å²) in [6.45, 7) is 1.94. The Morgan fingerprint density at radius 1 is 1.32 bits per heavy atom. The number of carboxylic acid groups (broad SMARTS) is 1. The van der Waals surface area contributed by atoms with Crippen molar-refractivity contribution >= 4 is 11.9 Å². The van der Waals surface area contributed by atoms with Gasteiger partial charge < -0.3 is 15.3 Å². The molecule has 1 aromatic carbocycles. The molecule has 2 rings (SSSR count). The van der Waals surface area contributed by atoms with Crippen LogP contribution in [0, 0.1) is 0 Å². The van der Waals surface area contributed by atoms with Crippen molar-refractivity contribution in [2.75, 3.05) is 13.6 Å². The van der Waals surface area contributed by atoms with E-state index in [9.17, 15) is 9.59 Å². The number of nitrogens with one attached hydrogen (secondary N) is 1. The summed E-state index contributed by atoms with van der Waals surface area (Å²) in [5.74, 6) is -0.801. The minimum Gasteiger partial charge on any atom is -0.478 e. The molecule has 0 saturated carbocycles. The van der Waals surface area contributed by atoms with E-state index in [-0.39, 0.29) is 11.5 Å². The molecule has 0 bridgehead atoms. The molecule has 1 aliphatic rings. The van der Waals surface area contributed by atoms with E-state index in [0.717, 1.165) is 24.1 Å². The van der Waals surface area contributed by atoms with Crippen LogP contribution < -0.4 is 5.32 Å². The number of carboxylic acids is 1. The number of aromatic carboxylic acids is 1. The average Bonchev–Trinajstić information content (AvgIpc) is 2.81. The lowest BCUT2D eigenvalue weighted by Crippen LogP contribution is -2.25. The molecule has 1 amide bonds. The van der Waals surface area contributed by atoms with Crippen molar-refractivity contribution < 1.29 is 14.7 Å². The number of hydrogen-bond acceptors (Lipinski definition) is 3. The molecule has 0 aliphatic carbocycles. The fraction of sp³-hybridized carbons (Fsp3) is 0.429. The minimum absolute atomic E-state index is 0.128. The van der Waals surface area contributed by atoms with E-state index in [1.54, 1.807) is 23.1 Å². The first-order valence-corrected chi connectivity index (χ1v) is 6.39. The molecule has 19 heavy (non-hydrogen) atoms. The highest BCUT2D eigenvalue weighted by molar-refractivity contribution is 5.88. The third-order valence-electron chi connectivity index (χ3n) is 3.35. The Balaban J connectivity index is 1.99. The molecule has 0 unspecified atom stereocenters. The van der Waals surface area contributed by atoms with Crippen molar-refractivity contribution in [3.8, 4) is 0 Å². The molecule has 1 aliphatic heterocycles. The highest BCUT2D eigenvalue weighted by Gasteiger charge is 2.23. The standard InChI is InChI=1S/C14H18N2O3/c1-15-6-2-3-13(17)16-8-11-5-4-10(14(18)19)7-12(11)9-16/h4-5,7,15H,2-3,6,8-9H2,1H3,(H,18,19). The van der Waals surface area contributed by atoms with E-state index in [0.29, 0.717) is 19.5 Å². The normalized spacial score (nSPS) is 13.4. The molecule has 0 saturated heterocycles. The van der Waals surface area contributed by atoms with Crippen molar-refractivity contribution in [1.82, 2.24) is 10.2 Å². The van der Waals surface area contributed by atoms with E-state index >= 15 is 0 Å². The second-order valence-corrected chi connectivity index (χ2v) is 4.75. The van der Waals surface area contributed by atoms with Gasteiger partial charge in [0.25, 0.3) is 0 Å². The van der Waals surface area contributed by atoms with Gasteiger partial charge in [0.2, 0.25) is 5.91 Å². The SMILES string of the molecule is CNCCCC(=O)N1Cc2ccc(C(=O)O)cc2C1. The molecule has 0 radical (unpaired) electrons. The van der Waals surface area contributed by atoms with E-state index < -0.39 is 5.97 Å². The van der Waals surface area contributed by atoms with Crippen LogP contribution in [0.5, 0.6) is 0 Å². The Morgan fingerprint density at radius 2 is 2.05 bits per heavy atom. The van der Waals surface area contributed by atoms with Crippen molar-refractivity contribution in [2.24, 2.45) is 0 Å². The molecule has 0 aromatic heterocycles. The maximum Gasteiger partial charge on any atom is 0.335 e. The molecule has 102 valence electrons. The molecular formula is C14H18N2O3. The summed E-state index contributed by atoms with van der Waals surface area (Å²) in [7, 11) is 1.86. The molecular weight excluding hydrogens is 244 g/mol. The van der Waals surface area contributed by atoms with Crippen molar-refractivity contribution in [3.05, 3.63) is 34.9 Å². The summed E-state index contributed by atoms with van der Waals surface area (Å²) in [5, 5.41) is 12.0. The van der Waals surface area contributed by atoms with Gasteiger partial charge in [-0.25, -0.2) is 4.79 Å². The largest absolute Gasteiger partial charge is 0.478 e. The van der Waals surface area contributed by atoms with Gasteiger partial charge in [0.15, 0.2) is 0 Å². The van der Waals surface area contributed by atoms with Gasteiger partial charge in [-0.05, 0) is 43.3 Å². The van der Waals surface area contributed by atoms with Crippen LogP contribution in [-0.4, -0.2) is 35.5 Å². The predicted octanol–water partition coefficient (Wildman–Crippen LogP) is 1.23. The number of carbonyl (C=O) groups excluding carboxylic acids is 1. The van der Waals surface area contributed by atoms with E-state index in [1.165, 1.54) is 0 Å². The van der Waals surface area contributed by atoms with Crippen LogP contribution in [0.4, 0.5) is 0 Å². The van der Waals surface area contributed by atoms with Gasteiger partial charge in [0.1, 0.15) is 0 Å². The highest BCUT2D eigenvalue weighted by atomic mass is 16.4. The summed E-state index contributed by atoms with van der Waals surface area (Å²) in [6.07, 6.45) is 1.35. The highest BCUT2D eigenvalue weighted by Crippen LogP contribution is 2.24. The molecule has 0 fully saturated rings. The van der Waals surface area contributed by atoms with Crippen LogP contribution in [0.3, 0.4) is 0 Å². The number of benzene rings is 1. The predicted molar refractivity (Wildman–Crippen MR) is 70.8 cm³/mol. The van der Waals surface area contributed by atoms with Gasteiger partial charge >= 0.3 is 5.97 Å². The van der Waals surface area contributed by atoms with Gasteiger partial charge in [0, 0.05) is 19.5 Å². The third-order valence-corrected chi connectivity index (χ3v) is 3.35. The van der Waals surface area contributed by atoms with E-state index in [1.807, 2.05) is 7.05 Å². The lowest BCUT2D eigenvalue weighted by molar-refractivity contribution is -0.131. The smallest absolute Gasteiger partial charge is 0.335 e. The Bertz CT molecular complexity index is 499. The molecule has 5 nitrogen and oxygen atoms in total. The van der Waals surface area contributed by atoms with Gasteiger partial charge in [-0.15, -0.1) is 0 Å². The van der Waals surface area contributed by atoms with Gasteiger partial charge in [-0.2, -0.15) is 0 Å². The lowest BCUT2D eigenvalue weighted by Gasteiger charge is -2.15. The lowest BCUT2D eigenvalue weighted by atomic mass is 10.1. The monoisotopic (exact) mass is 262 g/mol. The first kappa shape index (κ1) is 13.5. The second-order valence-electron chi connectivity index (χ2n) is 4.75. The fourth-order valence-electron chi connectivity index (χ4n) is 2.28. The summed E-state index contributed by atoms with van der Waals surface area (Å²) in [6, 6.07) is 5.06. The summed E-state index contributed by atoms with van der Waals surface area (Å²) in [5.41, 5.74) is 2.28. The quantitative estimate of drug-likeness (QED) is 0.783. The number of rotatable bonds is 5. The fourth-order valence-corrected chi connectivity index (χ4v) is 2.28. The van der Waals surface area contributed by atoms with Crippen molar-refractivity contribution in [3.63, 3.8) is 0 Å². The summed E-state index contributed by atoms with van der Waals surface area (Å²) >= 11 is 0. The number of fused-ring (bicyclic) bond motifs is 1. The average molecular weight is 262 g/mol. The Hall–Kier alpha value is -1.88. The first-order chi connectivity index (χ1) is 9.11. The summed E-state index contributed by atoms with van der Waals surface area (Å²) in [4.78, 5) is 24.7. The van der Waals surface area contributed by atoms with E-state index in [2.05, 4.69) is 5.32 Å². The maximum atomic E-state index is 12.0. The van der Waals surface area contributed by atoms with Crippen LogP contribution in [0.25, 0.3) is 0 Å². The first-order valence-electron chi connectivity index (χ1n) is 6.39. The number of nitrogens with zero attached hydrogens (tertiary/aromatic N) is 1. The topological polar surface area (TPSA) is 69.6 Å². The Kier molecular flexibility index (Phi) is 4.16. The zero-order chi connectivity index (χ0) is 13.8. The zero-order valence-corrected chi connectivity index (χ0v) is 11.0. The van der Waals surface area contributed by atoms with Crippen LogP contribution >= 0.6 is 0 Å².